The Morgan fingerprint density at radius 3 is 2.36 bits per heavy atom. The van der Waals surface area contributed by atoms with Gasteiger partial charge in [0.2, 0.25) is 10.0 Å². The van der Waals surface area contributed by atoms with Crippen LogP contribution in [-0.4, -0.2) is 49.7 Å². The van der Waals surface area contributed by atoms with Gasteiger partial charge in [-0.2, -0.15) is 4.31 Å². The topological polar surface area (TPSA) is 118 Å². The number of sulfonamides is 1. The molecule has 2 aromatic carbocycles. The van der Waals surface area contributed by atoms with Crippen molar-refractivity contribution in [3.8, 4) is 5.75 Å². The van der Waals surface area contributed by atoms with E-state index in [0.29, 0.717) is 35.6 Å². The number of methoxy groups -OCH3 is 1. The summed E-state index contributed by atoms with van der Waals surface area (Å²) in [5, 5.41) is 0.743. The lowest BCUT2D eigenvalue weighted by molar-refractivity contribution is 0.0846. The van der Waals surface area contributed by atoms with Crippen molar-refractivity contribution >= 4 is 32.7 Å². The minimum Gasteiger partial charge on any atom is -0.497 e. The van der Waals surface area contributed by atoms with Crippen LogP contribution in [0, 0.1) is 6.92 Å². The fourth-order valence-electron chi connectivity index (χ4n) is 3.36. The predicted molar refractivity (Wildman–Crippen MR) is 125 cm³/mol. The Morgan fingerprint density at radius 2 is 1.70 bits per heavy atom. The molecule has 0 aliphatic carbocycles. The van der Waals surface area contributed by atoms with E-state index in [1.807, 2.05) is 0 Å². The number of benzene rings is 2. The van der Waals surface area contributed by atoms with Crippen LogP contribution in [0.4, 0.5) is 0 Å². The third-order valence-corrected chi connectivity index (χ3v) is 7.23. The zero-order valence-corrected chi connectivity index (χ0v) is 19.7. The van der Waals surface area contributed by atoms with E-state index in [0.717, 1.165) is 5.39 Å². The van der Waals surface area contributed by atoms with Crippen LogP contribution < -0.4 is 15.6 Å². The summed E-state index contributed by atoms with van der Waals surface area (Å²) >= 11 is 0. The number of carbonyl (C=O) groups is 2. The molecule has 9 nitrogen and oxygen atoms in total. The number of hydrogen-bond donors (Lipinski definition) is 2. The molecule has 0 spiro atoms. The number of aromatic nitrogens is 1. The molecule has 10 heteroatoms. The van der Waals surface area contributed by atoms with Gasteiger partial charge >= 0.3 is 0 Å². The normalized spacial score (nSPS) is 11.4. The lowest BCUT2D eigenvalue weighted by Gasteiger charge is -2.18. The molecule has 2 amide bonds. The number of rotatable bonds is 7. The highest BCUT2D eigenvalue weighted by molar-refractivity contribution is 7.89. The molecule has 174 valence electrons. The number of pyridine rings is 1. The highest BCUT2D eigenvalue weighted by atomic mass is 32.2. The van der Waals surface area contributed by atoms with Gasteiger partial charge in [-0.05, 0) is 43.3 Å². The van der Waals surface area contributed by atoms with Crippen molar-refractivity contribution in [3.05, 3.63) is 65.4 Å². The van der Waals surface area contributed by atoms with Crippen molar-refractivity contribution in [1.82, 2.24) is 20.1 Å². The number of hydrogen-bond acceptors (Lipinski definition) is 6. The van der Waals surface area contributed by atoms with E-state index in [9.17, 15) is 18.0 Å². The maximum Gasteiger partial charge on any atom is 0.271 e. The molecule has 3 aromatic rings. The molecule has 33 heavy (non-hydrogen) atoms. The molecule has 1 heterocycles. The molecule has 0 atom stereocenters. The zero-order chi connectivity index (χ0) is 24.2. The second-order valence-electron chi connectivity index (χ2n) is 7.21. The minimum atomic E-state index is -3.71. The molecule has 1 aromatic heterocycles. The lowest BCUT2D eigenvalue weighted by Crippen LogP contribution is -2.42. The Labute approximate surface area is 192 Å². The first kappa shape index (κ1) is 24.1. The number of carbonyl (C=O) groups excluding carboxylic acids is 2. The maximum absolute atomic E-state index is 12.7. The summed E-state index contributed by atoms with van der Waals surface area (Å²) in [6, 6.07) is 12.7. The highest BCUT2D eigenvalue weighted by Gasteiger charge is 2.22. The van der Waals surface area contributed by atoms with E-state index >= 15 is 0 Å². The van der Waals surface area contributed by atoms with Crippen LogP contribution >= 0.6 is 0 Å². The van der Waals surface area contributed by atoms with Gasteiger partial charge in [0.25, 0.3) is 11.8 Å². The molecule has 0 saturated carbocycles. The average Bonchev–Trinajstić information content (AvgIpc) is 2.82. The molecule has 3 rings (SSSR count). The van der Waals surface area contributed by atoms with Crippen LogP contribution in [0.5, 0.6) is 5.75 Å². The molecule has 2 N–H and O–H groups in total. The molecule has 0 unspecified atom stereocenters. The molecule has 0 radical (unpaired) electrons. The first-order valence-electron chi connectivity index (χ1n) is 10.4. The smallest absolute Gasteiger partial charge is 0.271 e. The van der Waals surface area contributed by atoms with Gasteiger partial charge in [-0.25, -0.2) is 8.42 Å². The summed E-state index contributed by atoms with van der Waals surface area (Å²) < 4.78 is 31.9. The van der Waals surface area contributed by atoms with Crippen LogP contribution in [0.3, 0.4) is 0 Å². The first-order chi connectivity index (χ1) is 15.7. The van der Waals surface area contributed by atoms with E-state index < -0.39 is 21.8 Å². The second kappa shape index (κ2) is 9.97. The number of ether oxygens (including phenoxy) is 1. The number of nitrogens with zero attached hydrogens (tertiary/aromatic N) is 2. The molecule has 0 saturated heterocycles. The van der Waals surface area contributed by atoms with Crippen molar-refractivity contribution < 1.29 is 22.7 Å². The minimum absolute atomic E-state index is 0.00942. The number of hydrazine groups is 1. The average molecular weight is 471 g/mol. The summed E-state index contributed by atoms with van der Waals surface area (Å²) in [6.45, 7) is 5.81. The van der Waals surface area contributed by atoms with Gasteiger partial charge < -0.3 is 4.74 Å². The van der Waals surface area contributed by atoms with Gasteiger partial charge in [0, 0.05) is 30.1 Å². The van der Waals surface area contributed by atoms with Gasteiger partial charge in [-0.1, -0.05) is 19.9 Å². The van der Waals surface area contributed by atoms with Crippen LogP contribution in [0.1, 0.15) is 40.3 Å². The highest BCUT2D eigenvalue weighted by Crippen LogP contribution is 2.22. The maximum atomic E-state index is 12.7. The molecular weight excluding hydrogens is 444 g/mol. The Balaban J connectivity index is 1.76. The number of amides is 2. The SMILES string of the molecule is CCN(CC)S(=O)(=O)c1cccc(C(=O)NNC(=O)c2cc3ccc(OC)cc3nc2C)c1. The fraction of sp³-hybridized carbons (Fsp3) is 0.261. The van der Waals surface area contributed by atoms with Crippen molar-refractivity contribution in [2.75, 3.05) is 20.2 Å². The van der Waals surface area contributed by atoms with Crippen LogP contribution in [-0.2, 0) is 10.0 Å². The van der Waals surface area contributed by atoms with Crippen LogP contribution in [0.2, 0.25) is 0 Å². The monoisotopic (exact) mass is 470 g/mol. The second-order valence-corrected chi connectivity index (χ2v) is 9.14. The van der Waals surface area contributed by atoms with Gasteiger partial charge in [-0.3, -0.25) is 25.4 Å². The third-order valence-electron chi connectivity index (χ3n) is 5.19. The summed E-state index contributed by atoms with van der Waals surface area (Å²) in [7, 11) is -2.15. The Bertz CT molecular complexity index is 1300. The van der Waals surface area contributed by atoms with Gasteiger partial charge in [-0.15, -0.1) is 0 Å². The molecule has 0 fully saturated rings. The molecule has 0 aliphatic rings. The van der Waals surface area contributed by atoms with Gasteiger partial charge in [0.05, 0.1) is 28.8 Å². The van der Waals surface area contributed by atoms with E-state index in [4.69, 9.17) is 4.74 Å². The third kappa shape index (κ3) is 5.12. The fourth-order valence-corrected chi connectivity index (χ4v) is 4.87. The van der Waals surface area contributed by atoms with E-state index in [1.54, 1.807) is 52.1 Å². The Kier molecular flexibility index (Phi) is 7.29. The van der Waals surface area contributed by atoms with Crippen molar-refractivity contribution in [2.45, 2.75) is 25.7 Å². The summed E-state index contributed by atoms with van der Waals surface area (Å²) in [6.07, 6.45) is 0. The summed E-state index contributed by atoms with van der Waals surface area (Å²) in [5.41, 5.74) is 6.26. The van der Waals surface area contributed by atoms with Crippen molar-refractivity contribution in [3.63, 3.8) is 0 Å². The van der Waals surface area contributed by atoms with E-state index in [-0.39, 0.29) is 10.5 Å². The number of aryl methyl sites for hydroxylation is 1. The lowest BCUT2D eigenvalue weighted by atomic mass is 10.1. The number of fused-ring (bicyclic) bond motifs is 1. The van der Waals surface area contributed by atoms with E-state index in [2.05, 4.69) is 15.8 Å². The standard InChI is InChI=1S/C23H26N4O5S/c1-5-27(6-2)33(30,31)19-9-7-8-17(12-19)22(28)25-26-23(29)20-13-16-10-11-18(32-4)14-21(16)24-15(20)3/h7-14H,5-6H2,1-4H3,(H,25,28)(H,26,29). The Hall–Kier alpha value is -3.50. The number of nitrogens with one attached hydrogen (secondary N) is 2. The predicted octanol–water partition coefficient (Wildman–Crippen LogP) is 2.66. The largest absolute Gasteiger partial charge is 0.497 e. The first-order valence-corrected chi connectivity index (χ1v) is 11.8. The van der Waals surface area contributed by atoms with Crippen molar-refractivity contribution in [2.24, 2.45) is 0 Å². The van der Waals surface area contributed by atoms with E-state index in [1.165, 1.54) is 28.6 Å². The molecule has 0 aliphatic heterocycles. The van der Waals surface area contributed by atoms with Crippen molar-refractivity contribution in [1.29, 1.82) is 0 Å². The van der Waals surface area contributed by atoms with Gasteiger partial charge in [0.15, 0.2) is 0 Å². The summed E-state index contributed by atoms with van der Waals surface area (Å²) in [4.78, 5) is 29.7. The Morgan fingerprint density at radius 1 is 1.00 bits per heavy atom. The van der Waals surface area contributed by atoms with Gasteiger partial charge in [0.1, 0.15) is 5.75 Å². The van der Waals surface area contributed by atoms with Crippen LogP contribution in [0.15, 0.2) is 53.4 Å². The summed E-state index contributed by atoms with van der Waals surface area (Å²) in [5.74, 6) is -0.529. The molecular formula is C23H26N4O5S. The quantitative estimate of drug-likeness (QED) is 0.513. The zero-order valence-electron chi connectivity index (χ0n) is 18.9. The van der Waals surface area contributed by atoms with Crippen LogP contribution in [0.25, 0.3) is 10.9 Å². The molecule has 0 bridgehead atoms.